The van der Waals surface area contributed by atoms with Crippen molar-refractivity contribution >= 4 is 0 Å². The molecule has 0 amide bonds. The number of terminal acetylenes is 2. The third kappa shape index (κ3) is 10.8. The molecule has 1 unspecified atom stereocenters. The van der Waals surface area contributed by atoms with Crippen molar-refractivity contribution in [2.24, 2.45) is 0 Å². The van der Waals surface area contributed by atoms with E-state index < -0.39 is 6.17 Å². The van der Waals surface area contributed by atoms with Crippen molar-refractivity contribution in [2.75, 3.05) is 40.4 Å². The van der Waals surface area contributed by atoms with Crippen LogP contribution in [0.3, 0.4) is 0 Å². The Hall–Kier alpha value is -2.66. The lowest BCUT2D eigenvalue weighted by Crippen LogP contribution is -2.35. The summed E-state index contributed by atoms with van der Waals surface area (Å²) in [6, 6.07) is 19.4. The molecule has 0 aliphatic heterocycles. The molecule has 0 N–H and O–H groups in total. The maximum Gasteiger partial charge on any atom is 0.117 e. The molecule has 0 fully saturated rings. The van der Waals surface area contributed by atoms with E-state index in [1.165, 1.54) is 0 Å². The zero-order valence-electron chi connectivity index (χ0n) is 18.0. The summed E-state index contributed by atoms with van der Waals surface area (Å²) >= 11 is 0. The van der Waals surface area contributed by atoms with Crippen molar-refractivity contribution < 1.29 is 8.78 Å². The molecule has 2 aromatic carbocycles. The van der Waals surface area contributed by atoms with Gasteiger partial charge in [-0.1, -0.05) is 72.5 Å². The first-order chi connectivity index (χ1) is 14.5. The maximum atomic E-state index is 13.6. The molecule has 4 heteroatoms. The van der Waals surface area contributed by atoms with E-state index >= 15 is 0 Å². The molecule has 0 saturated heterocycles. The van der Waals surface area contributed by atoms with Gasteiger partial charge in [0.05, 0.1) is 13.1 Å². The van der Waals surface area contributed by atoms with Crippen LogP contribution in [0.15, 0.2) is 60.7 Å². The minimum atomic E-state index is -0.856. The van der Waals surface area contributed by atoms with Gasteiger partial charge in [-0.25, -0.2) is 8.78 Å². The number of halogens is 2. The summed E-state index contributed by atoms with van der Waals surface area (Å²) in [5.41, 5.74) is 2.17. The van der Waals surface area contributed by atoms with Gasteiger partial charge in [0.1, 0.15) is 12.8 Å². The van der Waals surface area contributed by atoms with Gasteiger partial charge in [0.25, 0.3) is 0 Å². The number of rotatable bonds is 10. The van der Waals surface area contributed by atoms with Crippen molar-refractivity contribution in [1.82, 2.24) is 9.80 Å². The van der Waals surface area contributed by atoms with Crippen molar-refractivity contribution in [1.29, 1.82) is 0 Å². The normalized spacial score (nSPS) is 12.4. The fourth-order valence-corrected chi connectivity index (χ4v) is 2.98. The molecule has 30 heavy (non-hydrogen) atoms. The number of hydrogen-bond acceptors (Lipinski definition) is 2. The predicted octanol–water partition coefficient (Wildman–Crippen LogP) is 4.26. The van der Waals surface area contributed by atoms with Gasteiger partial charge in [-0.05, 0) is 31.6 Å². The van der Waals surface area contributed by atoms with E-state index in [1.54, 1.807) is 0 Å². The molecule has 0 aliphatic carbocycles. The third-order valence-corrected chi connectivity index (χ3v) is 4.63. The Morgan fingerprint density at radius 1 is 0.833 bits per heavy atom. The largest absolute Gasteiger partial charge is 0.293 e. The zero-order valence-corrected chi connectivity index (χ0v) is 18.0. The SMILES string of the molecule is C#CCN(C)CC([18F])Cc1ccccc1.C#CCN(C)[C@H](C[18F])Cc1ccccc1. The molecule has 0 aromatic heterocycles. The minimum Gasteiger partial charge on any atom is -0.293 e. The van der Waals surface area contributed by atoms with Crippen LogP contribution in [0.2, 0.25) is 0 Å². The van der Waals surface area contributed by atoms with Gasteiger partial charge in [0, 0.05) is 19.0 Å². The fourth-order valence-electron chi connectivity index (χ4n) is 2.98. The molecule has 0 bridgehead atoms. The quantitative estimate of drug-likeness (QED) is 0.542. The van der Waals surface area contributed by atoms with E-state index in [4.69, 9.17) is 12.8 Å². The van der Waals surface area contributed by atoms with Gasteiger partial charge >= 0.3 is 0 Å². The smallest absolute Gasteiger partial charge is 0.117 e. The van der Waals surface area contributed by atoms with Crippen LogP contribution in [0.4, 0.5) is 8.78 Å². The highest BCUT2D eigenvalue weighted by Crippen LogP contribution is 2.08. The highest BCUT2D eigenvalue weighted by atomic mass is 18.2. The van der Waals surface area contributed by atoms with Crippen LogP contribution >= 0.6 is 0 Å². The molecule has 160 valence electrons. The average Bonchev–Trinajstić information content (AvgIpc) is 2.74. The fraction of sp³-hybridized carbons (Fsp3) is 0.385. The highest BCUT2D eigenvalue weighted by Gasteiger charge is 2.14. The number of benzene rings is 2. The van der Waals surface area contributed by atoms with E-state index in [0.717, 1.165) is 11.1 Å². The van der Waals surface area contributed by atoms with E-state index in [1.807, 2.05) is 84.6 Å². The molecule has 2 atom stereocenters. The standard InChI is InChI=1S/2C13H16FN/c1-3-9-15(2)11-13(14)10-12-7-5-4-6-8-12;1-3-9-15(2)13(11-14)10-12-7-5-4-6-8-12/h2*1,4-8,13H,9-11H2,2H3/t;13-/m.0/s1/i2*14-1. The van der Waals surface area contributed by atoms with Crippen LogP contribution < -0.4 is 0 Å². The highest BCUT2D eigenvalue weighted by molar-refractivity contribution is 5.16. The van der Waals surface area contributed by atoms with Gasteiger partial charge in [0.2, 0.25) is 0 Å². The van der Waals surface area contributed by atoms with Crippen LogP contribution in [0.25, 0.3) is 0 Å². The van der Waals surface area contributed by atoms with Crippen LogP contribution in [-0.4, -0.2) is 62.4 Å². The second kappa shape index (κ2) is 15.2. The first kappa shape index (κ1) is 25.4. The van der Waals surface area contributed by atoms with Gasteiger partial charge in [-0.15, -0.1) is 12.8 Å². The van der Waals surface area contributed by atoms with Crippen LogP contribution in [0.5, 0.6) is 0 Å². The Morgan fingerprint density at radius 3 is 1.80 bits per heavy atom. The second-order valence-corrected chi connectivity index (χ2v) is 7.30. The first-order valence-corrected chi connectivity index (χ1v) is 10.0. The third-order valence-electron chi connectivity index (χ3n) is 4.63. The van der Waals surface area contributed by atoms with Crippen LogP contribution in [0, 0.1) is 24.7 Å². The number of nitrogens with zero attached hydrogens (tertiary/aromatic N) is 2. The predicted molar refractivity (Wildman–Crippen MR) is 123 cm³/mol. The summed E-state index contributed by atoms with van der Waals surface area (Å²) in [6.07, 6.45) is 10.6. The summed E-state index contributed by atoms with van der Waals surface area (Å²) in [5.74, 6) is 5.02. The Balaban J connectivity index is 0.000000300. The summed E-state index contributed by atoms with van der Waals surface area (Å²) < 4.78 is 26.4. The summed E-state index contributed by atoms with van der Waals surface area (Å²) in [7, 11) is 3.68. The van der Waals surface area contributed by atoms with Crippen molar-refractivity contribution in [3.05, 3.63) is 71.8 Å². The number of alkyl halides is 2. The molecule has 0 spiro atoms. The van der Waals surface area contributed by atoms with Crippen LogP contribution in [0.1, 0.15) is 11.1 Å². The molecule has 2 nitrogen and oxygen atoms in total. The zero-order chi connectivity index (χ0) is 22.2. The molecular formula is C26H32F2N2. The van der Waals surface area contributed by atoms with Crippen molar-refractivity contribution in [3.8, 4) is 24.7 Å². The lowest BCUT2D eigenvalue weighted by Gasteiger charge is -2.23. The van der Waals surface area contributed by atoms with E-state index in [0.29, 0.717) is 32.5 Å². The van der Waals surface area contributed by atoms with Crippen molar-refractivity contribution in [2.45, 2.75) is 25.1 Å². The first-order valence-electron chi connectivity index (χ1n) is 10.0. The molecule has 2 rings (SSSR count). The average molecular weight is 409 g/mol. The van der Waals surface area contributed by atoms with E-state index in [2.05, 4.69) is 11.8 Å². The Bertz CT molecular complexity index is 765. The van der Waals surface area contributed by atoms with E-state index in [-0.39, 0.29) is 12.7 Å². The molecule has 0 radical (unpaired) electrons. The Morgan fingerprint density at radius 2 is 1.33 bits per heavy atom. The number of hydrogen-bond donors (Lipinski definition) is 0. The molecular weight excluding hydrogens is 376 g/mol. The van der Waals surface area contributed by atoms with Gasteiger partial charge < -0.3 is 0 Å². The minimum absolute atomic E-state index is 0.122. The maximum absolute atomic E-state index is 13.6. The van der Waals surface area contributed by atoms with Gasteiger partial charge in [0.15, 0.2) is 0 Å². The summed E-state index contributed by atoms with van der Waals surface area (Å²) in [6.45, 7) is 1.00. The lowest BCUT2D eigenvalue weighted by molar-refractivity contribution is 0.220. The van der Waals surface area contributed by atoms with Crippen LogP contribution in [-0.2, 0) is 12.8 Å². The Labute approximate surface area is 180 Å². The lowest BCUT2D eigenvalue weighted by atomic mass is 10.1. The molecule has 0 saturated carbocycles. The molecule has 2 aromatic rings. The summed E-state index contributed by atoms with van der Waals surface area (Å²) in [5, 5.41) is 0. The number of likely N-dealkylation sites (N-methyl/N-ethyl adjacent to an activating group) is 1. The second-order valence-electron chi connectivity index (χ2n) is 7.30. The topological polar surface area (TPSA) is 6.48 Å². The van der Waals surface area contributed by atoms with E-state index in [9.17, 15) is 8.78 Å². The summed E-state index contributed by atoms with van der Waals surface area (Å²) in [4.78, 5) is 3.68. The van der Waals surface area contributed by atoms with Gasteiger partial charge in [-0.2, -0.15) is 0 Å². The van der Waals surface area contributed by atoms with Crippen molar-refractivity contribution in [3.63, 3.8) is 0 Å². The van der Waals surface area contributed by atoms with Gasteiger partial charge in [-0.3, -0.25) is 9.80 Å². The Kier molecular flexibility index (Phi) is 12.9. The molecule has 0 aliphatic rings. The monoisotopic (exact) mass is 408 g/mol. The molecule has 0 heterocycles.